The summed E-state index contributed by atoms with van der Waals surface area (Å²) in [6.45, 7) is 4.22. The first-order valence-corrected chi connectivity index (χ1v) is 12.7. The molecule has 3 aromatic carbocycles. The molecule has 0 fully saturated rings. The molecule has 0 bridgehead atoms. The SMILES string of the molecule is CCCC1CC=C(CCc2ccc(-c3ccc(-c4ccc(OCC)c(F)c4F)cc3)c(F)c2)CC1. The highest BCUT2D eigenvalue weighted by Gasteiger charge is 2.17. The lowest BCUT2D eigenvalue weighted by atomic mass is 9.85. The normalized spacial score (nSPS) is 15.7. The Morgan fingerprint density at radius 2 is 1.54 bits per heavy atom. The molecular formula is C31H33F3O. The van der Waals surface area contributed by atoms with Gasteiger partial charge in [0.05, 0.1) is 6.61 Å². The van der Waals surface area contributed by atoms with Gasteiger partial charge in [-0.2, -0.15) is 4.39 Å². The van der Waals surface area contributed by atoms with Crippen LogP contribution in [0.25, 0.3) is 22.3 Å². The van der Waals surface area contributed by atoms with Crippen molar-refractivity contribution in [2.75, 3.05) is 6.61 Å². The van der Waals surface area contributed by atoms with Crippen molar-refractivity contribution in [1.29, 1.82) is 0 Å². The fourth-order valence-electron chi connectivity index (χ4n) is 4.94. The first-order valence-electron chi connectivity index (χ1n) is 12.7. The van der Waals surface area contributed by atoms with Crippen molar-refractivity contribution in [2.45, 2.75) is 58.8 Å². The van der Waals surface area contributed by atoms with Crippen molar-refractivity contribution in [3.05, 3.63) is 89.3 Å². The third-order valence-corrected chi connectivity index (χ3v) is 6.93. The van der Waals surface area contributed by atoms with E-state index in [1.165, 1.54) is 43.4 Å². The van der Waals surface area contributed by atoms with Crippen LogP contribution < -0.4 is 4.74 Å². The maximum Gasteiger partial charge on any atom is 0.201 e. The topological polar surface area (TPSA) is 9.23 Å². The highest BCUT2D eigenvalue weighted by atomic mass is 19.2. The van der Waals surface area contributed by atoms with Gasteiger partial charge >= 0.3 is 0 Å². The first-order chi connectivity index (χ1) is 17.0. The number of benzene rings is 3. The van der Waals surface area contributed by atoms with Crippen molar-refractivity contribution in [3.63, 3.8) is 0 Å². The first kappa shape index (κ1) is 25.1. The van der Waals surface area contributed by atoms with Crippen molar-refractivity contribution in [2.24, 2.45) is 5.92 Å². The predicted molar refractivity (Wildman–Crippen MR) is 137 cm³/mol. The molecule has 0 amide bonds. The number of hydrogen-bond donors (Lipinski definition) is 0. The molecule has 3 aromatic rings. The lowest BCUT2D eigenvalue weighted by Gasteiger charge is -2.21. The third-order valence-electron chi connectivity index (χ3n) is 6.93. The van der Waals surface area contributed by atoms with Gasteiger partial charge in [0.15, 0.2) is 11.6 Å². The fourth-order valence-corrected chi connectivity index (χ4v) is 4.94. The summed E-state index contributed by atoms with van der Waals surface area (Å²) in [5.74, 6) is -1.49. The molecule has 4 heteroatoms. The Labute approximate surface area is 206 Å². The number of hydrogen-bond acceptors (Lipinski definition) is 1. The Balaban J connectivity index is 1.43. The van der Waals surface area contributed by atoms with E-state index in [9.17, 15) is 13.2 Å². The summed E-state index contributed by atoms with van der Waals surface area (Å²) in [7, 11) is 0. The minimum Gasteiger partial charge on any atom is -0.491 e. The Morgan fingerprint density at radius 3 is 2.17 bits per heavy atom. The van der Waals surface area contributed by atoms with Gasteiger partial charge in [-0.3, -0.25) is 0 Å². The van der Waals surface area contributed by atoms with Gasteiger partial charge in [-0.25, -0.2) is 8.78 Å². The summed E-state index contributed by atoms with van der Waals surface area (Å²) in [5, 5.41) is 0. The van der Waals surface area contributed by atoms with Crippen LogP contribution in [0.2, 0.25) is 0 Å². The quantitative estimate of drug-likeness (QED) is 0.278. The highest BCUT2D eigenvalue weighted by molar-refractivity contribution is 5.71. The van der Waals surface area contributed by atoms with Gasteiger partial charge in [-0.1, -0.05) is 67.8 Å². The molecule has 1 unspecified atom stereocenters. The smallest absolute Gasteiger partial charge is 0.201 e. The van der Waals surface area contributed by atoms with E-state index in [2.05, 4.69) is 13.0 Å². The van der Waals surface area contributed by atoms with Gasteiger partial charge in [0.1, 0.15) is 5.82 Å². The van der Waals surface area contributed by atoms with E-state index < -0.39 is 11.6 Å². The zero-order valence-electron chi connectivity index (χ0n) is 20.5. The van der Waals surface area contributed by atoms with Gasteiger partial charge in [0.25, 0.3) is 0 Å². The summed E-state index contributed by atoms with van der Waals surface area (Å²) in [5.41, 5.74) is 4.35. The Kier molecular flexibility index (Phi) is 8.33. The van der Waals surface area contributed by atoms with E-state index in [4.69, 9.17) is 4.74 Å². The highest BCUT2D eigenvalue weighted by Crippen LogP contribution is 2.33. The van der Waals surface area contributed by atoms with Crippen LogP contribution in [0.4, 0.5) is 13.2 Å². The van der Waals surface area contributed by atoms with Gasteiger partial charge in [0.2, 0.25) is 5.82 Å². The van der Waals surface area contributed by atoms with Crippen LogP contribution in [0.15, 0.2) is 66.2 Å². The predicted octanol–water partition coefficient (Wildman–Crippen LogP) is 9.30. The van der Waals surface area contributed by atoms with Crippen molar-refractivity contribution in [3.8, 4) is 28.0 Å². The second-order valence-electron chi connectivity index (χ2n) is 9.36. The lowest BCUT2D eigenvalue weighted by Crippen LogP contribution is -2.06. The van der Waals surface area contributed by atoms with Crippen molar-refractivity contribution < 1.29 is 17.9 Å². The van der Waals surface area contributed by atoms with E-state index in [1.807, 2.05) is 12.1 Å². The van der Waals surface area contributed by atoms with Crippen LogP contribution in [0.5, 0.6) is 5.75 Å². The van der Waals surface area contributed by atoms with Gasteiger partial charge in [0, 0.05) is 11.1 Å². The van der Waals surface area contributed by atoms with Crippen LogP contribution in [0.1, 0.15) is 57.9 Å². The summed E-state index contributed by atoms with van der Waals surface area (Å²) in [6, 6.07) is 15.2. The lowest BCUT2D eigenvalue weighted by molar-refractivity contribution is 0.314. The summed E-state index contributed by atoms with van der Waals surface area (Å²) < 4.78 is 48.9. The van der Waals surface area contributed by atoms with Crippen molar-refractivity contribution >= 4 is 0 Å². The molecule has 0 spiro atoms. The average Bonchev–Trinajstić information content (AvgIpc) is 2.87. The number of aryl methyl sites for hydroxylation is 1. The molecule has 0 aromatic heterocycles. The van der Waals surface area contributed by atoms with Crippen LogP contribution in [-0.2, 0) is 6.42 Å². The summed E-state index contributed by atoms with van der Waals surface area (Å²) in [4.78, 5) is 0. The molecule has 0 aliphatic heterocycles. The van der Waals surface area contributed by atoms with Gasteiger partial charge in [-0.05, 0) is 79.8 Å². The number of allylic oxidation sites excluding steroid dienone is 2. The molecule has 1 aliphatic rings. The minimum atomic E-state index is -1.00. The van der Waals surface area contributed by atoms with Crippen LogP contribution in [0.3, 0.4) is 0 Å². The number of halogens is 3. The second kappa shape index (κ2) is 11.6. The van der Waals surface area contributed by atoms with Crippen LogP contribution in [0, 0.1) is 23.4 Å². The van der Waals surface area contributed by atoms with E-state index in [0.717, 1.165) is 30.7 Å². The van der Waals surface area contributed by atoms with Crippen LogP contribution >= 0.6 is 0 Å². The van der Waals surface area contributed by atoms with Gasteiger partial charge in [-0.15, -0.1) is 0 Å². The van der Waals surface area contributed by atoms with E-state index >= 15 is 0 Å². The molecule has 0 saturated heterocycles. The zero-order valence-corrected chi connectivity index (χ0v) is 20.5. The zero-order chi connectivity index (χ0) is 24.8. The molecule has 35 heavy (non-hydrogen) atoms. The minimum absolute atomic E-state index is 0.104. The van der Waals surface area contributed by atoms with Gasteiger partial charge < -0.3 is 4.74 Å². The van der Waals surface area contributed by atoms with E-state index in [1.54, 1.807) is 37.3 Å². The monoisotopic (exact) mass is 478 g/mol. The molecule has 184 valence electrons. The molecule has 1 nitrogen and oxygen atoms in total. The van der Waals surface area contributed by atoms with Crippen LogP contribution in [-0.4, -0.2) is 6.61 Å². The maximum absolute atomic E-state index is 15.0. The second-order valence-corrected chi connectivity index (χ2v) is 9.36. The molecule has 0 radical (unpaired) electrons. The molecule has 1 aliphatic carbocycles. The van der Waals surface area contributed by atoms with Crippen molar-refractivity contribution in [1.82, 2.24) is 0 Å². The number of rotatable bonds is 9. The molecule has 0 heterocycles. The molecule has 4 rings (SSSR count). The summed E-state index contributed by atoms with van der Waals surface area (Å²) in [6.07, 6.45) is 10.4. The van der Waals surface area contributed by atoms with E-state index in [0.29, 0.717) is 16.7 Å². The molecule has 0 saturated carbocycles. The molecule has 1 atom stereocenters. The third kappa shape index (κ3) is 5.98. The molecule has 0 N–H and O–H groups in total. The molecular weight excluding hydrogens is 445 g/mol. The Bertz CT molecular complexity index is 1180. The van der Waals surface area contributed by atoms with E-state index in [-0.39, 0.29) is 23.7 Å². The Morgan fingerprint density at radius 1 is 0.829 bits per heavy atom. The number of ether oxygens (including phenoxy) is 1. The fraction of sp³-hybridized carbons (Fsp3) is 0.355. The largest absolute Gasteiger partial charge is 0.491 e. The maximum atomic E-state index is 15.0. The Hall–Kier alpha value is -3.01. The average molecular weight is 479 g/mol. The summed E-state index contributed by atoms with van der Waals surface area (Å²) >= 11 is 0. The standard InChI is InChI=1S/C31H33F3O/c1-3-5-21-6-8-22(9-7-21)10-11-23-12-17-26(28(32)20-23)24-13-15-25(16-14-24)27-18-19-29(35-4-2)31(34)30(27)33/h8,12-21H,3-7,9-11H2,1-2H3.